The topological polar surface area (TPSA) is 66.6 Å². The van der Waals surface area contributed by atoms with E-state index >= 15 is 0 Å². The highest BCUT2D eigenvalue weighted by molar-refractivity contribution is 5.80. The first-order valence-corrected chi connectivity index (χ1v) is 7.55. The maximum Gasteiger partial charge on any atom is 0.223 e. The second-order valence-corrected chi connectivity index (χ2v) is 5.86. The number of rotatable bonds is 3. The second-order valence-electron chi connectivity index (χ2n) is 5.86. The summed E-state index contributed by atoms with van der Waals surface area (Å²) in [7, 11) is 0. The normalized spacial score (nSPS) is 21.5. The van der Waals surface area contributed by atoms with Gasteiger partial charge in [0.05, 0.1) is 0 Å². The van der Waals surface area contributed by atoms with Crippen molar-refractivity contribution in [2.75, 3.05) is 25.4 Å². The average Bonchev–Trinajstić information content (AvgIpc) is 2.87. The Hall–Kier alpha value is -2.04. The maximum absolute atomic E-state index is 12.3. The van der Waals surface area contributed by atoms with Crippen molar-refractivity contribution in [2.24, 2.45) is 0 Å². The Morgan fingerprint density at radius 3 is 2.76 bits per heavy atom. The van der Waals surface area contributed by atoms with Crippen molar-refractivity contribution in [3.05, 3.63) is 29.8 Å². The summed E-state index contributed by atoms with van der Waals surface area (Å²) in [6.45, 7) is 2.06. The predicted octanol–water partition coefficient (Wildman–Crippen LogP) is 1.03. The molecule has 2 aliphatic heterocycles. The average molecular weight is 287 g/mol. The van der Waals surface area contributed by atoms with Crippen molar-refractivity contribution in [3.8, 4) is 0 Å². The third kappa shape index (κ3) is 3.01. The minimum Gasteiger partial charge on any atom is -0.399 e. The van der Waals surface area contributed by atoms with E-state index in [4.69, 9.17) is 5.73 Å². The molecule has 1 unspecified atom stereocenters. The van der Waals surface area contributed by atoms with Crippen LogP contribution in [-0.2, 0) is 16.0 Å². The molecule has 1 aromatic rings. The fraction of sp³-hybridized carbons (Fsp3) is 0.500. The van der Waals surface area contributed by atoms with Gasteiger partial charge in [-0.3, -0.25) is 9.59 Å². The summed E-state index contributed by atoms with van der Waals surface area (Å²) in [5.74, 6) is 0.430. The van der Waals surface area contributed by atoms with Gasteiger partial charge >= 0.3 is 0 Å². The Morgan fingerprint density at radius 1 is 1.24 bits per heavy atom. The van der Waals surface area contributed by atoms with Gasteiger partial charge in [-0.2, -0.15) is 0 Å². The Kier molecular flexibility index (Phi) is 3.82. The van der Waals surface area contributed by atoms with Gasteiger partial charge < -0.3 is 15.5 Å². The lowest BCUT2D eigenvalue weighted by Gasteiger charge is -2.37. The Bertz CT molecular complexity index is 541. The number of benzene rings is 1. The minimum absolute atomic E-state index is 0.186. The first-order chi connectivity index (χ1) is 10.1. The summed E-state index contributed by atoms with van der Waals surface area (Å²) in [5, 5.41) is 0. The lowest BCUT2D eigenvalue weighted by atomic mass is 10.1. The second kappa shape index (κ2) is 5.76. The molecule has 0 radical (unpaired) electrons. The monoisotopic (exact) mass is 287 g/mol. The number of nitrogens with zero attached hydrogens (tertiary/aromatic N) is 2. The zero-order chi connectivity index (χ0) is 14.8. The van der Waals surface area contributed by atoms with Gasteiger partial charge in [0.25, 0.3) is 0 Å². The number of nitrogens with two attached hydrogens (primary N) is 1. The van der Waals surface area contributed by atoms with E-state index in [2.05, 4.69) is 0 Å². The molecule has 0 aliphatic carbocycles. The summed E-state index contributed by atoms with van der Waals surface area (Å²) in [5.41, 5.74) is 7.53. The molecule has 0 aromatic heterocycles. The van der Waals surface area contributed by atoms with Gasteiger partial charge in [0.1, 0.15) is 0 Å². The number of carbonyl (C=O) groups excluding carboxylic acids is 2. The molecule has 1 aromatic carbocycles. The first-order valence-electron chi connectivity index (χ1n) is 7.55. The van der Waals surface area contributed by atoms with Crippen LogP contribution in [0.5, 0.6) is 0 Å². The molecule has 112 valence electrons. The zero-order valence-electron chi connectivity index (χ0n) is 12.1. The van der Waals surface area contributed by atoms with E-state index in [1.54, 1.807) is 0 Å². The number of aryl methyl sites for hydroxylation is 1. The molecule has 0 spiro atoms. The highest BCUT2D eigenvalue weighted by Crippen LogP contribution is 2.23. The summed E-state index contributed by atoms with van der Waals surface area (Å²) in [6.07, 6.45) is 2.78. The van der Waals surface area contributed by atoms with E-state index in [-0.39, 0.29) is 17.9 Å². The SMILES string of the molecule is Nc1ccc(CCC(=O)N2CCN3C(=O)CCC3C2)cc1. The number of nitrogen functional groups attached to an aromatic ring is 1. The molecule has 5 nitrogen and oxygen atoms in total. The fourth-order valence-electron chi connectivity index (χ4n) is 3.18. The van der Waals surface area contributed by atoms with E-state index in [0.717, 1.165) is 24.1 Å². The van der Waals surface area contributed by atoms with Crippen LogP contribution in [0.4, 0.5) is 5.69 Å². The van der Waals surface area contributed by atoms with Gasteiger partial charge in [0.2, 0.25) is 11.8 Å². The van der Waals surface area contributed by atoms with Gasteiger partial charge in [-0.15, -0.1) is 0 Å². The summed E-state index contributed by atoms with van der Waals surface area (Å²) >= 11 is 0. The van der Waals surface area contributed by atoms with Crippen LogP contribution in [0.3, 0.4) is 0 Å². The van der Waals surface area contributed by atoms with Crippen LogP contribution in [0.1, 0.15) is 24.8 Å². The van der Waals surface area contributed by atoms with Crippen molar-refractivity contribution in [2.45, 2.75) is 31.7 Å². The van der Waals surface area contributed by atoms with Gasteiger partial charge in [-0.1, -0.05) is 12.1 Å². The number of fused-ring (bicyclic) bond motifs is 1. The molecule has 2 saturated heterocycles. The van der Waals surface area contributed by atoms with Gasteiger partial charge in [-0.05, 0) is 30.5 Å². The molecule has 2 fully saturated rings. The molecule has 2 heterocycles. The van der Waals surface area contributed by atoms with Crippen molar-refractivity contribution in [3.63, 3.8) is 0 Å². The van der Waals surface area contributed by atoms with Crippen LogP contribution < -0.4 is 5.73 Å². The molecule has 2 amide bonds. The minimum atomic E-state index is 0.186. The summed E-state index contributed by atoms with van der Waals surface area (Å²) in [6, 6.07) is 7.91. The van der Waals surface area contributed by atoms with E-state index in [0.29, 0.717) is 32.5 Å². The third-order valence-electron chi connectivity index (χ3n) is 4.45. The highest BCUT2D eigenvalue weighted by atomic mass is 16.2. The number of carbonyl (C=O) groups is 2. The standard InChI is InChI=1S/C16H21N3O2/c17-13-4-1-12(2-5-13)3-7-15(20)18-9-10-19-14(11-18)6-8-16(19)21/h1-2,4-5,14H,3,6-11,17H2. The maximum atomic E-state index is 12.3. The first kappa shape index (κ1) is 13.9. The van der Waals surface area contributed by atoms with E-state index in [1.807, 2.05) is 34.1 Å². The Balaban J connectivity index is 1.52. The molecule has 5 heteroatoms. The van der Waals surface area contributed by atoms with Crippen molar-refractivity contribution in [1.29, 1.82) is 0 Å². The van der Waals surface area contributed by atoms with Crippen LogP contribution in [0, 0.1) is 0 Å². The lowest BCUT2D eigenvalue weighted by Crippen LogP contribution is -2.53. The molecule has 0 bridgehead atoms. The zero-order valence-corrected chi connectivity index (χ0v) is 12.1. The summed E-state index contributed by atoms with van der Waals surface area (Å²) < 4.78 is 0. The fourth-order valence-corrected chi connectivity index (χ4v) is 3.18. The molecule has 0 saturated carbocycles. The molecule has 1 atom stereocenters. The van der Waals surface area contributed by atoms with Crippen LogP contribution in [0.25, 0.3) is 0 Å². The van der Waals surface area contributed by atoms with E-state index in [1.165, 1.54) is 0 Å². The summed E-state index contributed by atoms with van der Waals surface area (Å²) in [4.78, 5) is 27.8. The molecule has 2 N–H and O–H groups in total. The van der Waals surface area contributed by atoms with Crippen LogP contribution in [0.2, 0.25) is 0 Å². The molecular weight excluding hydrogens is 266 g/mol. The molecular formula is C16H21N3O2. The van der Waals surface area contributed by atoms with Crippen molar-refractivity contribution in [1.82, 2.24) is 9.80 Å². The number of amides is 2. The third-order valence-corrected chi connectivity index (χ3v) is 4.45. The predicted molar refractivity (Wildman–Crippen MR) is 80.5 cm³/mol. The smallest absolute Gasteiger partial charge is 0.223 e. The Morgan fingerprint density at radius 2 is 2.00 bits per heavy atom. The lowest BCUT2D eigenvalue weighted by molar-refractivity contribution is -0.139. The van der Waals surface area contributed by atoms with E-state index < -0.39 is 0 Å². The van der Waals surface area contributed by atoms with Crippen LogP contribution in [0.15, 0.2) is 24.3 Å². The number of anilines is 1. The van der Waals surface area contributed by atoms with Crippen molar-refractivity contribution < 1.29 is 9.59 Å². The van der Waals surface area contributed by atoms with Crippen LogP contribution in [-0.4, -0.2) is 47.3 Å². The quantitative estimate of drug-likeness (QED) is 0.845. The van der Waals surface area contributed by atoms with Gasteiger partial charge in [0.15, 0.2) is 0 Å². The van der Waals surface area contributed by atoms with Gasteiger partial charge in [0, 0.05) is 44.2 Å². The Labute approximate surface area is 124 Å². The number of piperazine rings is 1. The largest absolute Gasteiger partial charge is 0.399 e. The van der Waals surface area contributed by atoms with Gasteiger partial charge in [-0.25, -0.2) is 0 Å². The van der Waals surface area contributed by atoms with Crippen molar-refractivity contribution >= 4 is 17.5 Å². The molecule has 21 heavy (non-hydrogen) atoms. The number of hydrogen-bond acceptors (Lipinski definition) is 3. The van der Waals surface area contributed by atoms with E-state index in [9.17, 15) is 9.59 Å². The highest BCUT2D eigenvalue weighted by Gasteiger charge is 2.36. The van der Waals surface area contributed by atoms with Crippen LogP contribution >= 0.6 is 0 Å². The number of hydrogen-bond donors (Lipinski definition) is 1. The molecule has 2 aliphatic rings. The molecule has 3 rings (SSSR count).